The number of rotatable bonds is 4. The van der Waals surface area contributed by atoms with Gasteiger partial charge in [-0.25, -0.2) is 13.4 Å². The van der Waals surface area contributed by atoms with Crippen molar-refractivity contribution in [1.82, 2.24) is 4.98 Å². The maximum atomic E-state index is 12.3. The van der Waals surface area contributed by atoms with Crippen LogP contribution in [0.15, 0.2) is 32.9 Å². The first-order valence-electron chi connectivity index (χ1n) is 5.83. The standard InChI is InChI=1S/C12H14BrN3O2S2/c1-7(2)10-6-19-12(15-10)16-20(17,18)11-4-3-8(13)5-9(11)14/h3-7H,14H2,1-2H3,(H,15,16). The molecule has 5 nitrogen and oxygen atoms in total. The molecule has 1 aromatic heterocycles. The van der Waals surface area contributed by atoms with E-state index < -0.39 is 10.0 Å². The molecule has 0 saturated heterocycles. The van der Waals surface area contributed by atoms with Crippen LogP contribution in [0.2, 0.25) is 0 Å². The van der Waals surface area contributed by atoms with Crippen molar-refractivity contribution in [3.63, 3.8) is 0 Å². The van der Waals surface area contributed by atoms with E-state index in [-0.39, 0.29) is 16.5 Å². The molecule has 0 unspecified atom stereocenters. The number of sulfonamides is 1. The van der Waals surface area contributed by atoms with Gasteiger partial charge in [-0.1, -0.05) is 29.8 Å². The average Bonchev–Trinajstić information content (AvgIpc) is 2.76. The SMILES string of the molecule is CC(C)c1csc(NS(=O)(=O)c2ccc(Br)cc2N)n1. The molecule has 1 aromatic carbocycles. The minimum absolute atomic E-state index is 0.0435. The summed E-state index contributed by atoms with van der Waals surface area (Å²) in [4.78, 5) is 4.29. The normalized spacial score (nSPS) is 11.8. The second-order valence-corrected chi connectivity index (χ2v) is 7.94. The smallest absolute Gasteiger partial charge is 0.265 e. The summed E-state index contributed by atoms with van der Waals surface area (Å²) in [6.45, 7) is 4.00. The molecule has 1 heterocycles. The molecule has 0 fully saturated rings. The van der Waals surface area contributed by atoms with Crippen LogP contribution < -0.4 is 10.5 Å². The maximum absolute atomic E-state index is 12.3. The van der Waals surface area contributed by atoms with Crippen LogP contribution in [0.4, 0.5) is 10.8 Å². The Morgan fingerprint density at radius 2 is 2.10 bits per heavy atom. The molecule has 108 valence electrons. The van der Waals surface area contributed by atoms with Gasteiger partial charge in [0.25, 0.3) is 10.0 Å². The van der Waals surface area contributed by atoms with Gasteiger partial charge in [0.15, 0.2) is 5.13 Å². The molecular weight excluding hydrogens is 362 g/mol. The molecule has 0 amide bonds. The van der Waals surface area contributed by atoms with Crippen molar-refractivity contribution in [2.45, 2.75) is 24.7 Å². The third kappa shape index (κ3) is 3.31. The number of aromatic nitrogens is 1. The van der Waals surface area contributed by atoms with Gasteiger partial charge in [0.05, 0.1) is 11.4 Å². The molecule has 0 atom stereocenters. The van der Waals surface area contributed by atoms with E-state index >= 15 is 0 Å². The van der Waals surface area contributed by atoms with Gasteiger partial charge >= 0.3 is 0 Å². The van der Waals surface area contributed by atoms with Crippen molar-refractivity contribution in [3.05, 3.63) is 33.7 Å². The van der Waals surface area contributed by atoms with Gasteiger partial charge in [0, 0.05) is 9.85 Å². The van der Waals surface area contributed by atoms with E-state index in [1.165, 1.54) is 17.4 Å². The summed E-state index contributed by atoms with van der Waals surface area (Å²) in [5, 5.41) is 2.18. The fourth-order valence-electron chi connectivity index (χ4n) is 1.53. The molecule has 8 heteroatoms. The fraction of sp³-hybridized carbons (Fsp3) is 0.250. The van der Waals surface area contributed by atoms with E-state index in [0.717, 1.165) is 10.2 Å². The predicted molar refractivity (Wildman–Crippen MR) is 85.6 cm³/mol. The highest BCUT2D eigenvalue weighted by atomic mass is 79.9. The zero-order chi connectivity index (χ0) is 14.9. The van der Waals surface area contributed by atoms with Crippen molar-refractivity contribution >= 4 is 48.1 Å². The van der Waals surface area contributed by atoms with Gasteiger partial charge in [-0.3, -0.25) is 4.72 Å². The maximum Gasteiger partial charge on any atom is 0.265 e. The van der Waals surface area contributed by atoms with Gasteiger partial charge in [-0.15, -0.1) is 11.3 Å². The van der Waals surface area contributed by atoms with Crippen LogP contribution in [0.1, 0.15) is 25.5 Å². The number of nitrogens with one attached hydrogen (secondary N) is 1. The zero-order valence-electron chi connectivity index (χ0n) is 10.9. The molecule has 2 aromatic rings. The minimum atomic E-state index is -3.72. The van der Waals surface area contributed by atoms with Crippen LogP contribution in [0, 0.1) is 0 Å². The van der Waals surface area contributed by atoms with E-state index in [4.69, 9.17) is 5.73 Å². The molecule has 0 spiro atoms. The molecule has 0 aliphatic heterocycles. The molecule has 0 bridgehead atoms. The lowest BCUT2D eigenvalue weighted by atomic mass is 10.2. The number of nitrogens with two attached hydrogens (primary N) is 1. The first-order chi connectivity index (χ1) is 9.29. The van der Waals surface area contributed by atoms with Crippen LogP contribution in [0.5, 0.6) is 0 Å². The zero-order valence-corrected chi connectivity index (χ0v) is 14.1. The van der Waals surface area contributed by atoms with Gasteiger partial charge < -0.3 is 5.73 Å². The van der Waals surface area contributed by atoms with E-state index in [0.29, 0.717) is 5.13 Å². The Bertz CT molecular complexity index is 726. The number of halogens is 1. The number of hydrogen-bond acceptors (Lipinski definition) is 5. The minimum Gasteiger partial charge on any atom is -0.398 e. The summed E-state index contributed by atoms with van der Waals surface area (Å²) >= 11 is 4.50. The summed E-state index contributed by atoms with van der Waals surface area (Å²) in [7, 11) is -3.72. The lowest BCUT2D eigenvalue weighted by Gasteiger charge is -2.08. The van der Waals surface area contributed by atoms with Crippen molar-refractivity contribution in [1.29, 1.82) is 0 Å². The molecule has 0 saturated carbocycles. The molecular formula is C12H14BrN3O2S2. The number of nitrogen functional groups attached to an aromatic ring is 1. The van der Waals surface area contributed by atoms with Crippen LogP contribution >= 0.6 is 27.3 Å². The van der Waals surface area contributed by atoms with Crippen LogP contribution in [0.25, 0.3) is 0 Å². The number of benzene rings is 1. The summed E-state index contributed by atoms with van der Waals surface area (Å²) in [6, 6.07) is 4.64. The first kappa shape index (κ1) is 15.3. The first-order valence-corrected chi connectivity index (χ1v) is 8.98. The number of anilines is 2. The van der Waals surface area contributed by atoms with E-state index in [9.17, 15) is 8.42 Å². The van der Waals surface area contributed by atoms with E-state index in [1.54, 1.807) is 12.1 Å². The molecule has 0 radical (unpaired) electrons. The van der Waals surface area contributed by atoms with Crippen molar-refractivity contribution in [2.75, 3.05) is 10.5 Å². The van der Waals surface area contributed by atoms with Gasteiger partial charge in [0.2, 0.25) is 0 Å². The fourth-order valence-corrected chi connectivity index (χ4v) is 4.15. The number of hydrogen-bond donors (Lipinski definition) is 2. The second-order valence-electron chi connectivity index (χ2n) is 4.52. The highest BCUT2D eigenvalue weighted by Gasteiger charge is 2.19. The van der Waals surface area contributed by atoms with Crippen LogP contribution in [0.3, 0.4) is 0 Å². The Morgan fingerprint density at radius 1 is 1.40 bits per heavy atom. The topological polar surface area (TPSA) is 85.1 Å². The summed E-state index contributed by atoms with van der Waals surface area (Å²) in [5.74, 6) is 0.252. The number of thiazole rings is 1. The Balaban J connectivity index is 2.30. The second kappa shape index (κ2) is 5.71. The molecule has 2 rings (SSSR count). The quantitative estimate of drug-likeness (QED) is 0.801. The summed E-state index contributed by atoms with van der Waals surface area (Å²) in [6.07, 6.45) is 0. The van der Waals surface area contributed by atoms with Gasteiger partial charge in [-0.05, 0) is 24.1 Å². The largest absolute Gasteiger partial charge is 0.398 e. The van der Waals surface area contributed by atoms with Crippen molar-refractivity contribution in [2.24, 2.45) is 0 Å². The lowest BCUT2D eigenvalue weighted by molar-refractivity contribution is 0.601. The Labute approximate surface area is 130 Å². The monoisotopic (exact) mass is 375 g/mol. The highest BCUT2D eigenvalue weighted by molar-refractivity contribution is 9.10. The molecule has 0 aliphatic rings. The average molecular weight is 376 g/mol. The van der Waals surface area contributed by atoms with Crippen LogP contribution in [-0.4, -0.2) is 13.4 Å². The van der Waals surface area contributed by atoms with Crippen molar-refractivity contribution < 1.29 is 8.42 Å². The molecule has 0 aliphatic carbocycles. The van der Waals surface area contributed by atoms with E-state index in [1.807, 2.05) is 19.2 Å². The third-order valence-corrected chi connectivity index (χ3v) is 5.41. The highest BCUT2D eigenvalue weighted by Crippen LogP contribution is 2.27. The number of nitrogens with zero attached hydrogens (tertiary/aromatic N) is 1. The van der Waals surface area contributed by atoms with Gasteiger partial charge in [0.1, 0.15) is 4.90 Å². The Kier molecular flexibility index (Phi) is 4.36. The van der Waals surface area contributed by atoms with Gasteiger partial charge in [-0.2, -0.15) is 0 Å². The predicted octanol–water partition coefficient (Wildman–Crippen LogP) is 3.41. The summed E-state index contributed by atoms with van der Waals surface area (Å²) in [5.41, 5.74) is 6.79. The van der Waals surface area contributed by atoms with E-state index in [2.05, 4.69) is 25.6 Å². The molecule has 3 N–H and O–H groups in total. The van der Waals surface area contributed by atoms with Crippen LogP contribution in [-0.2, 0) is 10.0 Å². The third-order valence-electron chi connectivity index (χ3n) is 2.60. The summed E-state index contributed by atoms with van der Waals surface area (Å²) < 4.78 is 27.7. The van der Waals surface area contributed by atoms with Crippen molar-refractivity contribution in [3.8, 4) is 0 Å². The molecule has 20 heavy (non-hydrogen) atoms. The lowest BCUT2D eigenvalue weighted by Crippen LogP contribution is -2.14. The Hall–Kier alpha value is -1.12. The Morgan fingerprint density at radius 3 is 2.65 bits per heavy atom.